The maximum absolute atomic E-state index is 5.35. The Kier molecular flexibility index (Phi) is 3.98. The normalized spacial score (nSPS) is 23.5. The number of hydrogen-bond donors (Lipinski definition) is 0. The third kappa shape index (κ3) is 2.93. The lowest BCUT2D eigenvalue weighted by Crippen LogP contribution is -2.31. The Balaban J connectivity index is 1.97. The smallest absolute Gasteiger partial charge is 0.0653 e. The second-order valence-electron chi connectivity index (χ2n) is 4.35. The summed E-state index contributed by atoms with van der Waals surface area (Å²) in [6.45, 7) is 7.59. The minimum Gasteiger partial charge on any atom is -0.377 e. The highest BCUT2D eigenvalue weighted by molar-refractivity contribution is 5.34. The van der Waals surface area contributed by atoms with Gasteiger partial charge in [0.2, 0.25) is 0 Å². The van der Waals surface area contributed by atoms with Gasteiger partial charge in [-0.3, -0.25) is 4.90 Å². The summed E-state index contributed by atoms with van der Waals surface area (Å²) in [5.41, 5.74) is 3.08. The lowest BCUT2D eigenvalue weighted by molar-refractivity contribution is 0.154. The standard InChI is InChI=1S/C13H21NO/c1-2-7-14-8-3-4-13(11-14)12-5-9-15-10-6-12/h4-5H,2-3,6-11H2,1H3. The van der Waals surface area contributed by atoms with Crippen LogP contribution in [0.4, 0.5) is 0 Å². The minimum atomic E-state index is 0.806. The molecule has 0 aromatic carbocycles. The Bertz CT molecular complexity index is 268. The molecule has 2 heteroatoms. The lowest BCUT2D eigenvalue weighted by atomic mass is 9.97. The fourth-order valence-electron chi connectivity index (χ4n) is 2.36. The molecule has 0 saturated carbocycles. The molecule has 2 aliphatic heterocycles. The van der Waals surface area contributed by atoms with Gasteiger partial charge in [0.25, 0.3) is 0 Å². The van der Waals surface area contributed by atoms with Gasteiger partial charge in [0, 0.05) is 13.1 Å². The first-order valence-electron chi connectivity index (χ1n) is 6.08. The highest BCUT2D eigenvalue weighted by Crippen LogP contribution is 2.22. The molecular weight excluding hydrogens is 186 g/mol. The Morgan fingerprint density at radius 2 is 2.27 bits per heavy atom. The van der Waals surface area contributed by atoms with Gasteiger partial charge in [0.15, 0.2) is 0 Å². The number of nitrogens with zero attached hydrogens (tertiary/aromatic N) is 1. The fourth-order valence-corrected chi connectivity index (χ4v) is 2.36. The SMILES string of the molecule is CCCN1CCC=C(C2=CCOCC2)C1. The summed E-state index contributed by atoms with van der Waals surface area (Å²) in [7, 11) is 0. The fraction of sp³-hybridized carbons (Fsp3) is 0.692. The average Bonchev–Trinajstić information content (AvgIpc) is 2.31. The van der Waals surface area contributed by atoms with Crippen LogP contribution in [-0.2, 0) is 4.74 Å². The van der Waals surface area contributed by atoms with E-state index in [1.165, 1.54) is 31.5 Å². The molecule has 0 bridgehead atoms. The molecule has 2 nitrogen and oxygen atoms in total. The van der Waals surface area contributed by atoms with E-state index in [9.17, 15) is 0 Å². The first-order valence-corrected chi connectivity index (χ1v) is 6.08. The van der Waals surface area contributed by atoms with Crippen LogP contribution in [0.3, 0.4) is 0 Å². The van der Waals surface area contributed by atoms with Gasteiger partial charge in [-0.15, -0.1) is 0 Å². The summed E-state index contributed by atoms with van der Waals surface area (Å²) >= 11 is 0. The number of hydrogen-bond acceptors (Lipinski definition) is 2. The lowest BCUT2D eigenvalue weighted by Gasteiger charge is -2.29. The van der Waals surface area contributed by atoms with Crippen LogP contribution >= 0.6 is 0 Å². The van der Waals surface area contributed by atoms with Crippen molar-refractivity contribution < 1.29 is 4.74 Å². The molecule has 0 radical (unpaired) electrons. The summed E-state index contributed by atoms with van der Waals surface area (Å²) < 4.78 is 5.35. The number of rotatable bonds is 3. The van der Waals surface area contributed by atoms with E-state index in [1.54, 1.807) is 5.57 Å². The molecule has 0 aromatic rings. The Morgan fingerprint density at radius 1 is 1.33 bits per heavy atom. The van der Waals surface area contributed by atoms with Gasteiger partial charge in [-0.1, -0.05) is 19.1 Å². The van der Waals surface area contributed by atoms with Gasteiger partial charge in [-0.25, -0.2) is 0 Å². The summed E-state index contributed by atoms with van der Waals surface area (Å²) in [6, 6.07) is 0. The topological polar surface area (TPSA) is 12.5 Å². The predicted octanol–water partition coefficient (Wildman–Crippen LogP) is 2.38. The summed E-state index contributed by atoms with van der Waals surface area (Å²) in [5, 5.41) is 0. The minimum absolute atomic E-state index is 0.806. The molecule has 84 valence electrons. The number of ether oxygens (including phenoxy) is 1. The quantitative estimate of drug-likeness (QED) is 0.704. The van der Waals surface area contributed by atoms with E-state index in [1.807, 2.05) is 0 Å². The van der Waals surface area contributed by atoms with Crippen molar-refractivity contribution in [1.29, 1.82) is 0 Å². The van der Waals surface area contributed by atoms with Crippen molar-refractivity contribution in [2.45, 2.75) is 26.2 Å². The van der Waals surface area contributed by atoms with Gasteiger partial charge in [0.05, 0.1) is 13.2 Å². The molecule has 0 atom stereocenters. The van der Waals surface area contributed by atoms with E-state index in [-0.39, 0.29) is 0 Å². The molecule has 0 N–H and O–H groups in total. The van der Waals surface area contributed by atoms with Crippen molar-refractivity contribution >= 4 is 0 Å². The molecule has 0 unspecified atom stereocenters. The zero-order valence-electron chi connectivity index (χ0n) is 9.67. The van der Waals surface area contributed by atoms with Gasteiger partial charge in [0.1, 0.15) is 0 Å². The maximum atomic E-state index is 5.35. The van der Waals surface area contributed by atoms with Gasteiger partial charge < -0.3 is 4.74 Å². The van der Waals surface area contributed by atoms with Crippen molar-refractivity contribution in [2.75, 3.05) is 32.8 Å². The predicted molar refractivity (Wildman–Crippen MR) is 63.0 cm³/mol. The van der Waals surface area contributed by atoms with Crippen LogP contribution in [0.25, 0.3) is 0 Å². The van der Waals surface area contributed by atoms with E-state index >= 15 is 0 Å². The summed E-state index contributed by atoms with van der Waals surface area (Å²) in [5.74, 6) is 0. The zero-order valence-corrected chi connectivity index (χ0v) is 9.67. The van der Waals surface area contributed by atoms with Crippen LogP contribution in [0.1, 0.15) is 26.2 Å². The molecule has 2 aliphatic rings. The Hall–Kier alpha value is -0.600. The first kappa shape index (κ1) is 10.9. The molecule has 0 spiro atoms. The molecule has 0 saturated heterocycles. The van der Waals surface area contributed by atoms with Crippen molar-refractivity contribution in [3.8, 4) is 0 Å². The van der Waals surface area contributed by atoms with E-state index in [0.29, 0.717) is 0 Å². The van der Waals surface area contributed by atoms with Crippen molar-refractivity contribution in [3.05, 3.63) is 23.3 Å². The monoisotopic (exact) mass is 207 g/mol. The van der Waals surface area contributed by atoms with Gasteiger partial charge in [-0.05, 0) is 37.0 Å². The third-order valence-corrected chi connectivity index (χ3v) is 3.15. The average molecular weight is 207 g/mol. The summed E-state index contributed by atoms with van der Waals surface area (Å²) in [4.78, 5) is 2.56. The molecule has 0 aliphatic carbocycles. The van der Waals surface area contributed by atoms with Crippen LogP contribution < -0.4 is 0 Å². The van der Waals surface area contributed by atoms with Crippen molar-refractivity contribution in [1.82, 2.24) is 4.90 Å². The third-order valence-electron chi connectivity index (χ3n) is 3.15. The van der Waals surface area contributed by atoms with Gasteiger partial charge >= 0.3 is 0 Å². The Labute approximate surface area is 92.6 Å². The van der Waals surface area contributed by atoms with E-state index in [4.69, 9.17) is 4.74 Å². The molecule has 0 amide bonds. The molecule has 2 rings (SSSR count). The first-order chi connectivity index (χ1) is 7.40. The highest BCUT2D eigenvalue weighted by atomic mass is 16.5. The molecular formula is C13H21NO. The summed E-state index contributed by atoms with van der Waals surface area (Å²) in [6.07, 6.45) is 8.25. The second-order valence-corrected chi connectivity index (χ2v) is 4.35. The van der Waals surface area contributed by atoms with Crippen LogP contribution in [0.5, 0.6) is 0 Å². The van der Waals surface area contributed by atoms with E-state index in [2.05, 4.69) is 24.0 Å². The maximum Gasteiger partial charge on any atom is 0.0653 e. The van der Waals surface area contributed by atoms with Crippen LogP contribution in [-0.4, -0.2) is 37.7 Å². The van der Waals surface area contributed by atoms with Crippen LogP contribution in [0.2, 0.25) is 0 Å². The largest absolute Gasteiger partial charge is 0.377 e. The van der Waals surface area contributed by atoms with Crippen molar-refractivity contribution in [2.24, 2.45) is 0 Å². The molecule has 0 fully saturated rings. The van der Waals surface area contributed by atoms with Crippen LogP contribution in [0, 0.1) is 0 Å². The Morgan fingerprint density at radius 3 is 3.00 bits per heavy atom. The zero-order chi connectivity index (χ0) is 10.5. The van der Waals surface area contributed by atoms with Crippen molar-refractivity contribution in [3.63, 3.8) is 0 Å². The highest BCUT2D eigenvalue weighted by Gasteiger charge is 2.15. The van der Waals surface area contributed by atoms with Gasteiger partial charge in [-0.2, -0.15) is 0 Å². The van der Waals surface area contributed by atoms with E-state index < -0.39 is 0 Å². The molecule has 15 heavy (non-hydrogen) atoms. The van der Waals surface area contributed by atoms with E-state index in [0.717, 1.165) is 26.2 Å². The molecule has 0 aromatic heterocycles. The second kappa shape index (κ2) is 5.47. The van der Waals surface area contributed by atoms with Crippen LogP contribution in [0.15, 0.2) is 23.3 Å². The molecule has 2 heterocycles.